The third kappa shape index (κ3) is 3.94. The molecule has 0 aliphatic carbocycles. The highest BCUT2D eigenvalue weighted by molar-refractivity contribution is 5.87. The molecule has 1 atom stereocenters. The van der Waals surface area contributed by atoms with Gasteiger partial charge in [-0.05, 0) is 37.6 Å². The van der Waals surface area contributed by atoms with Crippen LogP contribution in [0.3, 0.4) is 0 Å². The molecule has 1 fully saturated rings. The molecule has 0 radical (unpaired) electrons. The van der Waals surface area contributed by atoms with Crippen LogP contribution in [0, 0.1) is 0 Å². The number of ether oxygens (including phenoxy) is 2. The second-order valence-electron chi connectivity index (χ2n) is 4.97. The van der Waals surface area contributed by atoms with Gasteiger partial charge in [-0.15, -0.1) is 0 Å². The molecular weight excluding hydrogens is 246 g/mol. The van der Waals surface area contributed by atoms with E-state index in [4.69, 9.17) is 14.6 Å². The Bertz CT molecular complexity index is 424. The van der Waals surface area contributed by atoms with Crippen molar-refractivity contribution in [3.05, 3.63) is 29.8 Å². The normalized spacial score (nSPS) is 22.4. The van der Waals surface area contributed by atoms with Crippen molar-refractivity contribution in [3.8, 4) is 5.75 Å². The van der Waals surface area contributed by atoms with Gasteiger partial charge in [-0.1, -0.05) is 0 Å². The molecule has 0 spiro atoms. The van der Waals surface area contributed by atoms with Gasteiger partial charge in [-0.2, -0.15) is 0 Å². The summed E-state index contributed by atoms with van der Waals surface area (Å²) in [5, 5.41) is 12.2. The summed E-state index contributed by atoms with van der Waals surface area (Å²) >= 11 is 0. The molecule has 19 heavy (non-hydrogen) atoms. The Labute approximate surface area is 112 Å². The van der Waals surface area contributed by atoms with Crippen molar-refractivity contribution in [2.75, 3.05) is 26.4 Å². The Hall–Kier alpha value is -1.59. The van der Waals surface area contributed by atoms with Crippen molar-refractivity contribution in [1.29, 1.82) is 0 Å². The number of aromatic carboxylic acids is 1. The lowest BCUT2D eigenvalue weighted by Gasteiger charge is -2.23. The largest absolute Gasteiger partial charge is 0.492 e. The summed E-state index contributed by atoms with van der Waals surface area (Å²) in [5.74, 6) is -0.248. The minimum Gasteiger partial charge on any atom is -0.492 e. The van der Waals surface area contributed by atoms with Crippen LogP contribution in [0.1, 0.15) is 23.7 Å². The number of carboxylic acids is 1. The van der Waals surface area contributed by atoms with Crippen LogP contribution in [0.25, 0.3) is 0 Å². The van der Waals surface area contributed by atoms with Gasteiger partial charge in [0.25, 0.3) is 0 Å². The lowest BCUT2D eigenvalue weighted by molar-refractivity contribution is 0.0697. The monoisotopic (exact) mass is 265 g/mol. The molecule has 1 unspecified atom stereocenters. The Kier molecular flexibility index (Phi) is 4.39. The molecule has 0 bridgehead atoms. The zero-order chi connectivity index (χ0) is 13.7. The predicted molar refractivity (Wildman–Crippen MR) is 70.7 cm³/mol. The summed E-state index contributed by atoms with van der Waals surface area (Å²) < 4.78 is 10.9. The number of carbonyl (C=O) groups is 1. The second kappa shape index (κ2) is 6.04. The third-order valence-corrected chi connectivity index (χ3v) is 3.24. The maximum atomic E-state index is 10.7. The topological polar surface area (TPSA) is 67.8 Å². The molecule has 1 aliphatic heterocycles. The van der Waals surface area contributed by atoms with Crippen molar-refractivity contribution in [2.24, 2.45) is 0 Å². The molecule has 2 N–H and O–H groups in total. The molecule has 1 aliphatic rings. The third-order valence-electron chi connectivity index (χ3n) is 3.24. The summed E-state index contributed by atoms with van der Waals surface area (Å²) in [7, 11) is 0. The van der Waals surface area contributed by atoms with Gasteiger partial charge in [0.2, 0.25) is 0 Å². The van der Waals surface area contributed by atoms with E-state index in [2.05, 4.69) is 12.2 Å². The van der Waals surface area contributed by atoms with Gasteiger partial charge < -0.3 is 19.9 Å². The molecule has 1 saturated heterocycles. The molecule has 0 amide bonds. The minimum absolute atomic E-state index is 0.0521. The van der Waals surface area contributed by atoms with Crippen LogP contribution in [0.4, 0.5) is 0 Å². The fourth-order valence-electron chi connectivity index (χ4n) is 2.02. The first-order valence-corrected chi connectivity index (χ1v) is 6.38. The van der Waals surface area contributed by atoms with E-state index < -0.39 is 5.97 Å². The second-order valence-corrected chi connectivity index (χ2v) is 4.97. The molecule has 5 heteroatoms. The van der Waals surface area contributed by atoms with Crippen molar-refractivity contribution >= 4 is 5.97 Å². The van der Waals surface area contributed by atoms with E-state index in [1.165, 1.54) is 12.1 Å². The molecule has 1 aromatic rings. The Morgan fingerprint density at radius 1 is 1.47 bits per heavy atom. The standard InChI is InChI=1S/C14H19NO4/c1-14(6-8-18-10-14)15-7-9-19-12-4-2-11(3-5-12)13(16)17/h2-5,15H,6-10H2,1H3,(H,16,17). The zero-order valence-electron chi connectivity index (χ0n) is 11.0. The maximum absolute atomic E-state index is 10.7. The maximum Gasteiger partial charge on any atom is 0.335 e. The van der Waals surface area contributed by atoms with Gasteiger partial charge in [0.05, 0.1) is 12.2 Å². The van der Waals surface area contributed by atoms with Crippen LogP contribution in [0.2, 0.25) is 0 Å². The first kappa shape index (κ1) is 13.8. The van der Waals surface area contributed by atoms with Crippen LogP contribution in [0.15, 0.2) is 24.3 Å². The number of hydrogen-bond acceptors (Lipinski definition) is 4. The van der Waals surface area contributed by atoms with Crippen LogP contribution in [-0.4, -0.2) is 43.0 Å². The smallest absolute Gasteiger partial charge is 0.335 e. The molecule has 0 saturated carbocycles. The van der Waals surface area contributed by atoms with E-state index in [0.717, 1.165) is 26.2 Å². The molecule has 1 heterocycles. The molecule has 5 nitrogen and oxygen atoms in total. The SMILES string of the molecule is CC1(NCCOc2ccc(C(=O)O)cc2)CCOC1. The summed E-state index contributed by atoms with van der Waals surface area (Å²) in [6.45, 7) is 4.96. The van der Waals surface area contributed by atoms with Crippen molar-refractivity contribution in [2.45, 2.75) is 18.9 Å². The molecule has 0 aromatic heterocycles. The molecule has 2 rings (SSSR count). The fraction of sp³-hybridized carbons (Fsp3) is 0.500. The van der Waals surface area contributed by atoms with E-state index in [1.807, 2.05) is 0 Å². The number of rotatable bonds is 6. The van der Waals surface area contributed by atoms with E-state index in [0.29, 0.717) is 12.4 Å². The number of hydrogen-bond donors (Lipinski definition) is 2. The van der Waals surface area contributed by atoms with Crippen LogP contribution in [0.5, 0.6) is 5.75 Å². The highest BCUT2D eigenvalue weighted by atomic mass is 16.5. The van der Waals surface area contributed by atoms with Gasteiger partial charge in [0.1, 0.15) is 12.4 Å². The fourth-order valence-corrected chi connectivity index (χ4v) is 2.02. The van der Waals surface area contributed by atoms with Gasteiger partial charge in [0.15, 0.2) is 0 Å². The van der Waals surface area contributed by atoms with Crippen LogP contribution >= 0.6 is 0 Å². The zero-order valence-corrected chi connectivity index (χ0v) is 11.0. The summed E-state index contributed by atoms with van der Waals surface area (Å²) in [6.07, 6.45) is 1.01. The summed E-state index contributed by atoms with van der Waals surface area (Å²) in [4.78, 5) is 10.7. The van der Waals surface area contributed by atoms with Gasteiger partial charge in [-0.25, -0.2) is 4.79 Å². The van der Waals surface area contributed by atoms with Crippen molar-refractivity contribution in [3.63, 3.8) is 0 Å². The van der Waals surface area contributed by atoms with Crippen molar-refractivity contribution in [1.82, 2.24) is 5.32 Å². The first-order valence-electron chi connectivity index (χ1n) is 6.38. The Morgan fingerprint density at radius 2 is 2.21 bits per heavy atom. The quantitative estimate of drug-likeness (QED) is 0.764. The Morgan fingerprint density at radius 3 is 2.79 bits per heavy atom. The summed E-state index contributed by atoms with van der Waals surface area (Å²) in [5.41, 5.74) is 0.317. The highest BCUT2D eigenvalue weighted by Crippen LogP contribution is 2.17. The van der Waals surface area contributed by atoms with Crippen LogP contribution in [-0.2, 0) is 4.74 Å². The lowest BCUT2D eigenvalue weighted by atomic mass is 10.0. The first-order chi connectivity index (χ1) is 9.09. The van der Waals surface area contributed by atoms with Crippen molar-refractivity contribution < 1.29 is 19.4 Å². The van der Waals surface area contributed by atoms with Gasteiger partial charge >= 0.3 is 5.97 Å². The van der Waals surface area contributed by atoms with E-state index in [1.54, 1.807) is 12.1 Å². The van der Waals surface area contributed by atoms with Gasteiger partial charge in [0, 0.05) is 18.7 Å². The minimum atomic E-state index is -0.928. The summed E-state index contributed by atoms with van der Waals surface area (Å²) in [6, 6.07) is 6.42. The lowest BCUT2D eigenvalue weighted by Crippen LogP contribution is -2.44. The van der Waals surface area contributed by atoms with E-state index >= 15 is 0 Å². The Balaban J connectivity index is 1.72. The highest BCUT2D eigenvalue weighted by Gasteiger charge is 2.28. The number of carboxylic acid groups (broad SMARTS) is 1. The predicted octanol–water partition coefficient (Wildman–Crippen LogP) is 1.53. The molecule has 1 aromatic carbocycles. The number of nitrogens with one attached hydrogen (secondary N) is 1. The average Bonchev–Trinajstić information content (AvgIpc) is 2.83. The van der Waals surface area contributed by atoms with E-state index in [9.17, 15) is 4.79 Å². The van der Waals surface area contributed by atoms with Gasteiger partial charge in [-0.3, -0.25) is 0 Å². The molecular formula is C14H19NO4. The average molecular weight is 265 g/mol. The number of benzene rings is 1. The molecule has 104 valence electrons. The van der Waals surface area contributed by atoms with Crippen LogP contribution < -0.4 is 10.1 Å². The van der Waals surface area contributed by atoms with E-state index in [-0.39, 0.29) is 11.1 Å².